The van der Waals surface area contributed by atoms with Crippen LogP contribution >= 0.6 is 24.0 Å². The summed E-state index contributed by atoms with van der Waals surface area (Å²) in [5.74, 6) is 0.813. The molecule has 1 aromatic heterocycles. The molecule has 1 atom stereocenters. The Morgan fingerprint density at radius 1 is 0.971 bits per heavy atom. The third-order valence-corrected chi connectivity index (χ3v) is 5.57. The maximum atomic E-state index is 12.5. The van der Waals surface area contributed by atoms with E-state index in [-0.39, 0.29) is 41.5 Å². The van der Waals surface area contributed by atoms with E-state index in [1.165, 1.54) is 0 Å². The van der Waals surface area contributed by atoms with Crippen LogP contribution in [0.3, 0.4) is 0 Å². The number of carbonyl (C=O) groups is 1. The highest BCUT2D eigenvalue weighted by atomic mass is 127. The van der Waals surface area contributed by atoms with E-state index in [1.54, 1.807) is 22.9 Å². The van der Waals surface area contributed by atoms with Gasteiger partial charge >= 0.3 is 0 Å². The summed E-state index contributed by atoms with van der Waals surface area (Å²) >= 11 is 0. The topological polar surface area (TPSA) is 78.7 Å². The van der Waals surface area contributed by atoms with Crippen LogP contribution in [0.5, 0.6) is 0 Å². The van der Waals surface area contributed by atoms with Crippen molar-refractivity contribution in [1.82, 2.24) is 15.2 Å². The Morgan fingerprint density at radius 2 is 1.68 bits per heavy atom. The van der Waals surface area contributed by atoms with Crippen molar-refractivity contribution in [2.24, 2.45) is 4.99 Å². The van der Waals surface area contributed by atoms with E-state index in [2.05, 4.69) is 10.6 Å². The van der Waals surface area contributed by atoms with Crippen molar-refractivity contribution < 1.29 is 4.79 Å². The van der Waals surface area contributed by atoms with Crippen molar-refractivity contribution in [2.75, 3.05) is 18.0 Å². The molecule has 0 aliphatic carbocycles. The first-order chi connectivity index (χ1) is 16.1. The molecule has 4 rings (SSSR count). The minimum Gasteiger partial charge on any atom is -0.357 e. The molecule has 2 heterocycles. The van der Waals surface area contributed by atoms with E-state index >= 15 is 0 Å². The summed E-state index contributed by atoms with van der Waals surface area (Å²) < 4.78 is 1.68. The molecule has 34 heavy (non-hydrogen) atoms. The number of carbonyl (C=O) groups excluding carboxylic acids is 1. The lowest BCUT2D eigenvalue weighted by atomic mass is 10.1. The minimum absolute atomic E-state index is 0. The van der Waals surface area contributed by atoms with Crippen LogP contribution in [0.2, 0.25) is 0 Å². The second kappa shape index (κ2) is 12.4. The van der Waals surface area contributed by atoms with Crippen LogP contribution in [-0.4, -0.2) is 35.6 Å². The average Bonchev–Trinajstić information content (AvgIpc) is 3.20. The lowest BCUT2D eigenvalue weighted by Gasteiger charge is -2.19. The second-order valence-corrected chi connectivity index (χ2v) is 8.06. The number of nitrogens with zero attached hydrogens (tertiary/aromatic N) is 3. The SMILES string of the molecule is CCNC(=NCc1ccc(Cn2ccccc2=O)cc1)NC1CC(=O)N(c2ccccc2)C1.I. The molecule has 3 aromatic rings. The third kappa shape index (κ3) is 6.69. The minimum atomic E-state index is -0.0104. The normalized spacial score (nSPS) is 15.7. The zero-order chi connectivity index (χ0) is 23.0. The first kappa shape index (κ1) is 25.5. The first-order valence-electron chi connectivity index (χ1n) is 11.3. The highest BCUT2D eigenvalue weighted by Gasteiger charge is 2.31. The first-order valence-corrected chi connectivity index (χ1v) is 11.3. The lowest BCUT2D eigenvalue weighted by Crippen LogP contribution is -2.44. The number of guanidine groups is 1. The molecule has 0 radical (unpaired) electrons. The molecule has 178 valence electrons. The standard InChI is InChI=1S/C26H29N5O2.HI/c1-2-27-26(29-22-16-25(33)31(19-22)23-8-4-3-5-9-23)28-17-20-11-13-21(14-12-20)18-30-15-7-6-10-24(30)32;/h3-15,22H,2,16-19H2,1H3,(H2,27,28,29);1H. The number of aromatic nitrogens is 1. The summed E-state index contributed by atoms with van der Waals surface area (Å²) in [5.41, 5.74) is 3.05. The van der Waals surface area contributed by atoms with Crippen molar-refractivity contribution in [2.45, 2.75) is 32.5 Å². The zero-order valence-electron chi connectivity index (χ0n) is 19.2. The molecule has 1 unspecified atom stereocenters. The number of aliphatic imine (C=N–C) groups is 1. The highest BCUT2D eigenvalue weighted by Crippen LogP contribution is 2.21. The monoisotopic (exact) mass is 571 g/mol. The molecule has 7 nitrogen and oxygen atoms in total. The van der Waals surface area contributed by atoms with Gasteiger partial charge in [0.05, 0.1) is 19.1 Å². The number of anilines is 1. The zero-order valence-corrected chi connectivity index (χ0v) is 21.5. The fourth-order valence-electron chi connectivity index (χ4n) is 3.88. The predicted molar refractivity (Wildman–Crippen MR) is 147 cm³/mol. The Morgan fingerprint density at radius 3 is 2.38 bits per heavy atom. The van der Waals surface area contributed by atoms with Crippen molar-refractivity contribution in [1.29, 1.82) is 0 Å². The molecule has 1 saturated heterocycles. The number of hydrogen-bond donors (Lipinski definition) is 2. The molecular formula is C26H30IN5O2. The maximum absolute atomic E-state index is 12.5. The van der Waals surface area contributed by atoms with E-state index in [0.29, 0.717) is 32.0 Å². The van der Waals surface area contributed by atoms with Crippen LogP contribution in [0.15, 0.2) is 88.8 Å². The number of amides is 1. The molecule has 1 aliphatic heterocycles. The van der Waals surface area contributed by atoms with Crippen LogP contribution in [0.1, 0.15) is 24.5 Å². The van der Waals surface area contributed by atoms with Gasteiger partial charge in [0.2, 0.25) is 5.91 Å². The number of halogens is 1. The molecule has 1 fully saturated rings. The van der Waals surface area contributed by atoms with Gasteiger partial charge in [-0.25, -0.2) is 4.99 Å². The van der Waals surface area contributed by atoms with Gasteiger partial charge in [-0.3, -0.25) is 9.59 Å². The molecule has 0 spiro atoms. The van der Waals surface area contributed by atoms with Crippen LogP contribution in [-0.2, 0) is 17.9 Å². The van der Waals surface area contributed by atoms with Gasteiger partial charge in [0.25, 0.3) is 5.56 Å². The number of rotatable bonds is 7. The maximum Gasteiger partial charge on any atom is 0.250 e. The molecule has 0 bridgehead atoms. The van der Waals surface area contributed by atoms with Gasteiger partial charge in [-0.15, -0.1) is 24.0 Å². The fourth-order valence-corrected chi connectivity index (χ4v) is 3.88. The van der Waals surface area contributed by atoms with Gasteiger partial charge in [0.1, 0.15) is 0 Å². The molecule has 0 saturated carbocycles. The third-order valence-electron chi connectivity index (χ3n) is 5.57. The molecular weight excluding hydrogens is 541 g/mol. The van der Waals surface area contributed by atoms with Gasteiger partial charge < -0.3 is 20.1 Å². The number of pyridine rings is 1. The molecule has 8 heteroatoms. The van der Waals surface area contributed by atoms with Gasteiger partial charge in [-0.1, -0.05) is 48.5 Å². The van der Waals surface area contributed by atoms with Crippen LogP contribution in [0.4, 0.5) is 5.69 Å². The summed E-state index contributed by atoms with van der Waals surface area (Å²) in [6.45, 7) is 4.43. The Kier molecular flexibility index (Phi) is 9.26. The Bertz CT molecular complexity index is 1160. The number of nitrogens with one attached hydrogen (secondary N) is 2. The molecule has 2 aromatic carbocycles. The van der Waals surface area contributed by atoms with Gasteiger partial charge in [0, 0.05) is 37.5 Å². The highest BCUT2D eigenvalue weighted by molar-refractivity contribution is 14.0. The largest absolute Gasteiger partial charge is 0.357 e. The number of hydrogen-bond acceptors (Lipinski definition) is 3. The molecule has 1 amide bonds. The molecule has 1 aliphatic rings. The molecule has 2 N–H and O–H groups in total. The Labute approximate surface area is 216 Å². The van der Waals surface area contributed by atoms with Gasteiger partial charge in [-0.05, 0) is 36.2 Å². The second-order valence-electron chi connectivity index (χ2n) is 8.06. The van der Waals surface area contributed by atoms with Crippen LogP contribution in [0.25, 0.3) is 0 Å². The van der Waals surface area contributed by atoms with E-state index in [4.69, 9.17) is 4.99 Å². The van der Waals surface area contributed by atoms with E-state index in [9.17, 15) is 9.59 Å². The van der Waals surface area contributed by atoms with Gasteiger partial charge in [-0.2, -0.15) is 0 Å². The predicted octanol–water partition coefficient (Wildman–Crippen LogP) is 3.38. The van der Waals surface area contributed by atoms with Crippen molar-refractivity contribution >= 4 is 41.5 Å². The average molecular weight is 571 g/mol. The Balaban J connectivity index is 0.00000324. The summed E-state index contributed by atoms with van der Waals surface area (Å²) in [6, 6.07) is 23.0. The quantitative estimate of drug-likeness (QED) is 0.259. The summed E-state index contributed by atoms with van der Waals surface area (Å²) in [6.07, 6.45) is 2.23. The van der Waals surface area contributed by atoms with Crippen LogP contribution < -0.4 is 21.1 Å². The van der Waals surface area contributed by atoms with E-state index in [0.717, 1.165) is 23.4 Å². The van der Waals surface area contributed by atoms with Crippen LogP contribution in [0, 0.1) is 0 Å². The fraction of sp³-hybridized carbons (Fsp3) is 0.269. The number of para-hydroxylation sites is 1. The van der Waals surface area contributed by atoms with Crippen molar-refractivity contribution in [3.8, 4) is 0 Å². The Hall–Kier alpha value is -3.14. The summed E-state index contributed by atoms with van der Waals surface area (Å²) in [5, 5.41) is 6.68. The lowest BCUT2D eigenvalue weighted by molar-refractivity contribution is -0.117. The summed E-state index contributed by atoms with van der Waals surface area (Å²) in [7, 11) is 0. The smallest absolute Gasteiger partial charge is 0.250 e. The van der Waals surface area contributed by atoms with Crippen molar-refractivity contribution in [3.63, 3.8) is 0 Å². The number of benzene rings is 2. The van der Waals surface area contributed by atoms with E-state index < -0.39 is 0 Å². The van der Waals surface area contributed by atoms with Gasteiger partial charge in [0.15, 0.2) is 5.96 Å². The van der Waals surface area contributed by atoms with Crippen molar-refractivity contribution in [3.05, 3.63) is 100 Å². The summed E-state index contributed by atoms with van der Waals surface area (Å²) in [4.78, 5) is 30.9. The van der Waals surface area contributed by atoms with E-state index in [1.807, 2.05) is 72.5 Å².